The summed E-state index contributed by atoms with van der Waals surface area (Å²) in [5, 5.41) is 0. The van der Waals surface area contributed by atoms with E-state index in [1.807, 2.05) is 13.8 Å². The molecule has 0 aliphatic rings. The third-order valence-corrected chi connectivity index (χ3v) is 2.48. The average molecular weight is 158 g/mol. The Kier molecular flexibility index (Phi) is 4.11. The molecule has 0 aromatic heterocycles. The van der Waals surface area contributed by atoms with E-state index in [9.17, 15) is 4.79 Å². The normalized spacial score (nSPS) is 11.5. The molecule has 66 valence electrons. The quantitative estimate of drug-likeness (QED) is 0.616. The van der Waals surface area contributed by atoms with Crippen LogP contribution in [0, 0.1) is 5.41 Å². The SMILES string of the molecule is CCC(CC)(CN)CC(N)=O. The second kappa shape index (κ2) is 4.34. The number of hydrogen-bond donors (Lipinski definition) is 2. The first-order valence-electron chi connectivity index (χ1n) is 4.08. The van der Waals surface area contributed by atoms with Crippen molar-refractivity contribution < 1.29 is 4.79 Å². The number of primary amides is 1. The summed E-state index contributed by atoms with van der Waals surface area (Å²) in [6.07, 6.45) is 2.25. The molecule has 3 heteroatoms. The highest BCUT2D eigenvalue weighted by molar-refractivity contribution is 5.74. The standard InChI is InChI=1S/C8H18N2O/c1-3-8(4-2,6-9)5-7(10)11/h3-6,9H2,1-2H3,(H2,10,11). The number of carbonyl (C=O) groups excluding carboxylic acids is 1. The zero-order valence-electron chi connectivity index (χ0n) is 7.39. The Morgan fingerprint density at radius 3 is 1.91 bits per heavy atom. The van der Waals surface area contributed by atoms with E-state index in [0.29, 0.717) is 13.0 Å². The summed E-state index contributed by atoms with van der Waals surface area (Å²) in [4.78, 5) is 10.7. The fourth-order valence-corrected chi connectivity index (χ4v) is 1.23. The van der Waals surface area contributed by atoms with Crippen LogP contribution in [0.1, 0.15) is 33.1 Å². The fourth-order valence-electron chi connectivity index (χ4n) is 1.23. The highest BCUT2D eigenvalue weighted by atomic mass is 16.1. The van der Waals surface area contributed by atoms with Crippen LogP contribution in [0.4, 0.5) is 0 Å². The van der Waals surface area contributed by atoms with Crippen LogP contribution in [0.3, 0.4) is 0 Å². The van der Waals surface area contributed by atoms with Gasteiger partial charge in [0, 0.05) is 6.42 Å². The molecule has 0 atom stereocenters. The van der Waals surface area contributed by atoms with Crippen molar-refractivity contribution in [3.05, 3.63) is 0 Å². The molecule has 3 nitrogen and oxygen atoms in total. The van der Waals surface area contributed by atoms with E-state index in [2.05, 4.69) is 0 Å². The van der Waals surface area contributed by atoms with Gasteiger partial charge in [-0.15, -0.1) is 0 Å². The third kappa shape index (κ3) is 2.89. The molecule has 0 bridgehead atoms. The first-order chi connectivity index (χ1) is 5.10. The summed E-state index contributed by atoms with van der Waals surface area (Å²) in [5.74, 6) is -0.251. The van der Waals surface area contributed by atoms with Crippen molar-refractivity contribution in [2.24, 2.45) is 16.9 Å². The van der Waals surface area contributed by atoms with Gasteiger partial charge in [0.15, 0.2) is 0 Å². The number of amides is 1. The summed E-state index contributed by atoms with van der Waals surface area (Å²) in [6, 6.07) is 0. The van der Waals surface area contributed by atoms with E-state index in [4.69, 9.17) is 11.5 Å². The predicted octanol–water partition coefficient (Wildman–Crippen LogP) is 0.627. The van der Waals surface area contributed by atoms with Gasteiger partial charge >= 0.3 is 0 Å². The largest absolute Gasteiger partial charge is 0.370 e. The molecule has 0 unspecified atom stereocenters. The first-order valence-corrected chi connectivity index (χ1v) is 4.08. The van der Waals surface area contributed by atoms with Crippen LogP contribution in [0.15, 0.2) is 0 Å². The molecule has 4 N–H and O–H groups in total. The lowest BCUT2D eigenvalue weighted by atomic mass is 9.79. The van der Waals surface area contributed by atoms with Gasteiger partial charge in [0.25, 0.3) is 0 Å². The Labute approximate surface area is 68.1 Å². The van der Waals surface area contributed by atoms with Gasteiger partial charge in [-0.3, -0.25) is 4.79 Å². The maximum absolute atomic E-state index is 10.7. The van der Waals surface area contributed by atoms with Gasteiger partial charge in [0.2, 0.25) is 5.91 Å². The molecule has 0 aliphatic carbocycles. The van der Waals surface area contributed by atoms with Crippen LogP contribution in [0.5, 0.6) is 0 Å². The van der Waals surface area contributed by atoms with Gasteiger partial charge < -0.3 is 11.5 Å². The van der Waals surface area contributed by atoms with Gasteiger partial charge in [-0.05, 0) is 24.8 Å². The monoisotopic (exact) mass is 158 g/mol. The minimum absolute atomic E-state index is 0.0498. The Bertz CT molecular complexity index is 122. The van der Waals surface area contributed by atoms with Gasteiger partial charge in [0.1, 0.15) is 0 Å². The molecule has 1 amide bonds. The second-order valence-electron chi connectivity index (χ2n) is 3.05. The van der Waals surface area contributed by atoms with Gasteiger partial charge in [-0.25, -0.2) is 0 Å². The van der Waals surface area contributed by atoms with Crippen LogP contribution in [-0.4, -0.2) is 12.5 Å². The van der Waals surface area contributed by atoms with Crippen molar-refractivity contribution in [1.82, 2.24) is 0 Å². The molecule has 11 heavy (non-hydrogen) atoms. The maximum Gasteiger partial charge on any atom is 0.218 e. The molecular formula is C8H18N2O. The highest BCUT2D eigenvalue weighted by Crippen LogP contribution is 2.28. The Balaban J connectivity index is 4.16. The zero-order chi connectivity index (χ0) is 8.91. The van der Waals surface area contributed by atoms with E-state index in [0.717, 1.165) is 12.8 Å². The number of nitrogens with two attached hydrogens (primary N) is 2. The molecule has 0 aromatic rings. The number of rotatable bonds is 5. The molecule has 0 aromatic carbocycles. The summed E-state index contributed by atoms with van der Waals surface area (Å²) < 4.78 is 0. The zero-order valence-corrected chi connectivity index (χ0v) is 7.39. The maximum atomic E-state index is 10.7. The van der Waals surface area contributed by atoms with E-state index < -0.39 is 0 Å². The van der Waals surface area contributed by atoms with Crippen LogP contribution in [0.25, 0.3) is 0 Å². The molecule has 0 rings (SSSR count). The summed E-state index contributed by atoms with van der Waals surface area (Å²) in [6.45, 7) is 4.63. The van der Waals surface area contributed by atoms with Gasteiger partial charge in [-0.2, -0.15) is 0 Å². The van der Waals surface area contributed by atoms with Gasteiger partial charge in [-0.1, -0.05) is 13.8 Å². The van der Waals surface area contributed by atoms with E-state index in [1.54, 1.807) is 0 Å². The molecule has 0 saturated heterocycles. The van der Waals surface area contributed by atoms with Crippen LogP contribution >= 0.6 is 0 Å². The van der Waals surface area contributed by atoms with E-state index >= 15 is 0 Å². The van der Waals surface area contributed by atoms with Crippen LogP contribution in [-0.2, 0) is 4.79 Å². The molecule has 0 radical (unpaired) electrons. The lowest BCUT2D eigenvalue weighted by Gasteiger charge is -2.28. The van der Waals surface area contributed by atoms with Crippen molar-refractivity contribution >= 4 is 5.91 Å². The summed E-state index contributed by atoms with van der Waals surface area (Å²) in [7, 11) is 0. The summed E-state index contributed by atoms with van der Waals surface area (Å²) >= 11 is 0. The van der Waals surface area contributed by atoms with E-state index in [-0.39, 0.29) is 11.3 Å². The molecular weight excluding hydrogens is 140 g/mol. The van der Waals surface area contributed by atoms with Crippen molar-refractivity contribution in [3.63, 3.8) is 0 Å². The third-order valence-electron chi connectivity index (χ3n) is 2.48. The van der Waals surface area contributed by atoms with E-state index in [1.165, 1.54) is 0 Å². The number of hydrogen-bond acceptors (Lipinski definition) is 2. The van der Waals surface area contributed by atoms with Crippen molar-refractivity contribution in [3.8, 4) is 0 Å². The lowest BCUT2D eigenvalue weighted by Crippen LogP contribution is -2.34. The first kappa shape index (κ1) is 10.4. The number of carbonyl (C=O) groups is 1. The molecule has 0 spiro atoms. The molecule has 0 fully saturated rings. The van der Waals surface area contributed by atoms with Gasteiger partial charge in [0.05, 0.1) is 0 Å². The van der Waals surface area contributed by atoms with Crippen LogP contribution < -0.4 is 11.5 Å². The molecule has 0 heterocycles. The fraction of sp³-hybridized carbons (Fsp3) is 0.875. The molecule has 0 aliphatic heterocycles. The second-order valence-corrected chi connectivity index (χ2v) is 3.05. The minimum Gasteiger partial charge on any atom is -0.370 e. The molecule has 0 saturated carbocycles. The average Bonchev–Trinajstić information content (AvgIpc) is 2.00. The van der Waals surface area contributed by atoms with Crippen molar-refractivity contribution in [2.75, 3.05) is 6.54 Å². The Morgan fingerprint density at radius 1 is 1.36 bits per heavy atom. The lowest BCUT2D eigenvalue weighted by molar-refractivity contribution is -0.120. The Hall–Kier alpha value is -0.570. The topological polar surface area (TPSA) is 69.1 Å². The predicted molar refractivity (Wildman–Crippen MR) is 45.9 cm³/mol. The Morgan fingerprint density at radius 2 is 1.82 bits per heavy atom. The van der Waals surface area contributed by atoms with Crippen LogP contribution in [0.2, 0.25) is 0 Å². The highest BCUT2D eigenvalue weighted by Gasteiger charge is 2.26. The van der Waals surface area contributed by atoms with Crippen molar-refractivity contribution in [2.45, 2.75) is 33.1 Å². The van der Waals surface area contributed by atoms with Crippen molar-refractivity contribution in [1.29, 1.82) is 0 Å². The smallest absolute Gasteiger partial charge is 0.218 e. The minimum atomic E-state index is -0.251. The summed E-state index contributed by atoms with van der Waals surface area (Å²) in [5.41, 5.74) is 10.6.